The molecule has 11 heavy (non-hydrogen) atoms. The zero-order valence-corrected chi connectivity index (χ0v) is 5.66. The Morgan fingerprint density at radius 1 is 1.55 bits per heavy atom. The molecule has 1 N–H and O–H groups in total. The molecule has 0 aromatic carbocycles. The number of hydrogen-bond donors (Lipinski definition) is 1. The van der Waals surface area contributed by atoms with E-state index in [4.69, 9.17) is 0 Å². The normalized spacial score (nSPS) is 10.2. The van der Waals surface area contributed by atoms with Gasteiger partial charge in [0, 0.05) is 11.6 Å². The van der Waals surface area contributed by atoms with Crippen molar-refractivity contribution in [1.82, 2.24) is 9.97 Å². The van der Waals surface area contributed by atoms with Crippen LogP contribution >= 0.6 is 0 Å². The van der Waals surface area contributed by atoms with Crippen molar-refractivity contribution in [2.45, 2.75) is 0 Å². The molecule has 0 unspecified atom stereocenters. The molecule has 2 heterocycles. The van der Waals surface area contributed by atoms with Gasteiger partial charge in [0.2, 0.25) is 0 Å². The van der Waals surface area contributed by atoms with Crippen molar-refractivity contribution in [3.05, 3.63) is 30.1 Å². The molecular formula is C8H5N2O. The average molecular weight is 145 g/mol. The highest BCUT2D eigenvalue weighted by Gasteiger charge is 1.98. The van der Waals surface area contributed by atoms with Crippen LogP contribution in [0.4, 0.5) is 0 Å². The number of nitrogens with one attached hydrogen (secondary N) is 1. The molecule has 2 aromatic heterocycles. The lowest BCUT2D eigenvalue weighted by Crippen LogP contribution is -1.77. The van der Waals surface area contributed by atoms with Crippen LogP contribution in [0, 0.1) is 0 Å². The maximum absolute atomic E-state index is 10.2. The lowest BCUT2D eigenvalue weighted by atomic mass is 10.3. The summed E-state index contributed by atoms with van der Waals surface area (Å²) < 4.78 is 0. The molecule has 0 fully saturated rings. The van der Waals surface area contributed by atoms with Crippen LogP contribution in [0.25, 0.3) is 11.0 Å². The zero-order chi connectivity index (χ0) is 7.68. The third-order valence-corrected chi connectivity index (χ3v) is 1.50. The SMILES string of the molecule is O=[C]c1cc2cccnc2[nH]1. The molecule has 2 aromatic rings. The first kappa shape index (κ1) is 6.09. The van der Waals surface area contributed by atoms with Gasteiger partial charge in [-0.25, -0.2) is 4.98 Å². The monoisotopic (exact) mass is 145 g/mol. The average Bonchev–Trinajstić information content (AvgIpc) is 2.46. The predicted molar refractivity (Wildman–Crippen MR) is 40.9 cm³/mol. The number of hydrogen-bond acceptors (Lipinski definition) is 2. The highest BCUT2D eigenvalue weighted by Crippen LogP contribution is 2.09. The molecule has 3 heteroatoms. The van der Waals surface area contributed by atoms with Gasteiger partial charge < -0.3 is 4.98 Å². The fraction of sp³-hybridized carbons (Fsp3) is 0. The molecule has 1 radical (unpaired) electrons. The molecule has 53 valence electrons. The zero-order valence-electron chi connectivity index (χ0n) is 5.66. The van der Waals surface area contributed by atoms with Gasteiger partial charge in [-0.1, -0.05) is 0 Å². The van der Waals surface area contributed by atoms with E-state index in [1.165, 1.54) is 0 Å². The summed E-state index contributed by atoms with van der Waals surface area (Å²) in [6, 6.07) is 5.43. The van der Waals surface area contributed by atoms with Crippen LogP contribution in [-0.4, -0.2) is 16.3 Å². The van der Waals surface area contributed by atoms with Crippen LogP contribution in [0.15, 0.2) is 24.4 Å². The van der Waals surface area contributed by atoms with Gasteiger partial charge >= 0.3 is 0 Å². The van der Waals surface area contributed by atoms with Crippen molar-refractivity contribution in [2.75, 3.05) is 0 Å². The maximum atomic E-state index is 10.2. The summed E-state index contributed by atoms with van der Waals surface area (Å²) in [6.45, 7) is 0. The van der Waals surface area contributed by atoms with Crippen molar-refractivity contribution in [2.24, 2.45) is 0 Å². The fourth-order valence-electron chi connectivity index (χ4n) is 1.01. The topological polar surface area (TPSA) is 45.8 Å². The molecular weight excluding hydrogens is 140 g/mol. The number of pyridine rings is 1. The number of aromatic nitrogens is 2. The van der Waals surface area contributed by atoms with Gasteiger partial charge in [0.1, 0.15) is 5.65 Å². The number of carbonyl (C=O) groups excluding carboxylic acids is 1. The van der Waals surface area contributed by atoms with Gasteiger partial charge in [-0.2, -0.15) is 0 Å². The molecule has 0 aliphatic rings. The lowest BCUT2D eigenvalue weighted by molar-refractivity contribution is 0.562. The Labute approximate surface area is 63.1 Å². The van der Waals surface area contributed by atoms with E-state index in [2.05, 4.69) is 9.97 Å². The van der Waals surface area contributed by atoms with Gasteiger partial charge in [-0.15, -0.1) is 0 Å². The van der Waals surface area contributed by atoms with Gasteiger partial charge in [0.25, 0.3) is 6.29 Å². The van der Waals surface area contributed by atoms with E-state index >= 15 is 0 Å². The van der Waals surface area contributed by atoms with Gasteiger partial charge in [-0.3, -0.25) is 4.79 Å². The first-order valence-electron chi connectivity index (χ1n) is 3.22. The second-order valence-corrected chi connectivity index (χ2v) is 2.23. The number of H-pyrrole nitrogens is 1. The molecule has 0 aliphatic heterocycles. The summed E-state index contributed by atoms with van der Waals surface area (Å²) in [7, 11) is 0. The summed E-state index contributed by atoms with van der Waals surface area (Å²) in [5.41, 5.74) is 1.17. The molecule has 2 rings (SSSR count). The van der Waals surface area contributed by atoms with E-state index in [1.54, 1.807) is 18.5 Å². The van der Waals surface area contributed by atoms with Crippen LogP contribution in [0.3, 0.4) is 0 Å². The smallest absolute Gasteiger partial charge is 0.251 e. The molecule has 0 saturated carbocycles. The fourth-order valence-corrected chi connectivity index (χ4v) is 1.01. The summed E-state index contributed by atoms with van der Waals surface area (Å²) in [5.74, 6) is 0. The highest BCUT2D eigenvalue weighted by atomic mass is 16.1. The Kier molecular flexibility index (Phi) is 1.22. The van der Waals surface area contributed by atoms with Crippen molar-refractivity contribution in [1.29, 1.82) is 0 Å². The first-order chi connectivity index (χ1) is 5.40. The Morgan fingerprint density at radius 3 is 3.18 bits per heavy atom. The number of fused-ring (bicyclic) bond motifs is 1. The molecule has 0 amide bonds. The molecule has 0 atom stereocenters. The third kappa shape index (κ3) is 0.902. The Balaban J connectivity index is 2.78. The second-order valence-electron chi connectivity index (χ2n) is 2.23. The van der Waals surface area contributed by atoms with Gasteiger partial charge in [0.05, 0.1) is 5.69 Å². The summed E-state index contributed by atoms with van der Waals surface area (Å²) in [4.78, 5) is 17.0. The number of nitrogens with zero attached hydrogens (tertiary/aromatic N) is 1. The van der Waals surface area contributed by atoms with Crippen LogP contribution in [-0.2, 0) is 4.79 Å². The van der Waals surface area contributed by atoms with E-state index < -0.39 is 0 Å². The van der Waals surface area contributed by atoms with Crippen molar-refractivity contribution < 1.29 is 4.79 Å². The standard InChI is InChI=1S/C8H5N2O/c11-5-7-4-6-2-1-3-9-8(6)10-7/h1-4H,(H,9,10). The largest absolute Gasteiger partial charge is 0.336 e. The van der Waals surface area contributed by atoms with Crippen LogP contribution in [0.2, 0.25) is 0 Å². The van der Waals surface area contributed by atoms with Gasteiger partial charge in [0.15, 0.2) is 0 Å². The van der Waals surface area contributed by atoms with Gasteiger partial charge in [-0.05, 0) is 18.2 Å². The highest BCUT2D eigenvalue weighted by molar-refractivity contribution is 5.85. The predicted octanol–water partition coefficient (Wildman–Crippen LogP) is 1.02. The number of rotatable bonds is 1. The third-order valence-electron chi connectivity index (χ3n) is 1.50. The quantitative estimate of drug-likeness (QED) is 0.651. The van der Waals surface area contributed by atoms with Crippen LogP contribution < -0.4 is 0 Å². The minimum Gasteiger partial charge on any atom is -0.336 e. The molecule has 3 nitrogen and oxygen atoms in total. The van der Waals surface area contributed by atoms with E-state index in [-0.39, 0.29) is 0 Å². The molecule has 0 spiro atoms. The Morgan fingerprint density at radius 2 is 2.45 bits per heavy atom. The van der Waals surface area contributed by atoms with Crippen LogP contribution in [0.5, 0.6) is 0 Å². The number of aromatic amines is 1. The summed E-state index contributed by atoms with van der Waals surface area (Å²) in [5, 5.41) is 0.936. The van der Waals surface area contributed by atoms with E-state index in [0.29, 0.717) is 5.69 Å². The van der Waals surface area contributed by atoms with E-state index in [0.717, 1.165) is 11.0 Å². The molecule has 0 bridgehead atoms. The second kappa shape index (κ2) is 2.20. The minimum absolute atomic E-state index is 0.443. The summed E-state index contributed by atoms with van der Waals surface area (Å²) in [6.07, 6.45) is 3.44. The first-order valence-corrected chi connectivity index (χ1v) is 3.22. The Bertz CT molecular complexity index is 359. The van der Waals surface area contributed by atoms with Crippen molar-refractivity contribution >= 4 is 17.3 Å². The van der Waals surface area contributed by atoms with E-state index in [1.807, 2.05) is 12.1 Å². The van der Waals surface area contributed by atoms with E-state index in [9.17, 15) is 4.79 Å². The Hall–Kier alpha value is -1.64. The van der Waals surface area contributed by atoms with Crippen LogP contribution in [0.1, 0.15) is 5.69 Å². The lowest BCUT2D eigenvalue weighted by Gasteiger charge is -1.82. The molecule has 0 saturated heterocycles. The van der Waals surface area contributed by atoms with Crippen molar-refractivity contribution in [3.63, 3.8) is 0 Å². The molecule has 0 aliphatic carbocycles. The maximum Gasteiger partial charge on any atom is 0.251 e. The summed E-state index contributed by atoms with van der Waals surface area (Å²) >= 11 is 0. The minimum atomic E-state index is 0.443. The van der Waals surface area contributed by atoms with Crippen molar-refractivity contribution in [3.8, 4) is 0 Å².